The Hall–Kier alpha value is -3.44. The molecule has 0 aliphatic carbocycles. The lowest BCUT2D eigenvalue weighted by molar-refractivity contribution is -0.139. The number of hydrogen-bond donors (Lipinski definition) is 0. The highest BCUT2D eigenvalue weighted by Crippen LogP contribution is 2.39. The molecule has 1 heterocycles. The summed E-state index contributed by atoms with van der Waals surface area (Å²) in [7, 11) is 2.49. The van der Waals surface area contributed by atoms with Crippen molar-refractivity contribution >= 4 is 35.0 Å². The van der Waals surface area contributed by atoms with Crippen LogP contribution in [0.1, 0.15) is 43.3 Å². The van der Waals surface area contributed by atoms with Crippen LogP contribution in [0.25, 0.3) is 0 Å². The Morgan fingerprint density at radius 1 is 0.854 bits per heavy atom. The van der Waals surface area contributed by atoms with Gasteiger partial charge in [0, 0.05) is 37.2 Å². The van der Waals surface area contributed by atoms with E-state index in [9.17, 15) is 35.9 Å². The monoisotopic (exact) mass is 618 g/mol. The number of hydrogen-bond acceptors (Lipinski definition) is 3. The molecule has 0 aromatic heterocycles. The minimum Gasteiger partial charge on any atom is -0.496 e. The van der Waals surface area contributed by atoms with Crippen molar-refractivity contribution in [2.75, 3.05) is 27.2 Å². The van der Waals surface area contributed by atoms with Gasteiger partial charge in [0.15, 0.2) is 0 Å². The second-order valence-corrected chi connectivity index (χ2v) is 10.3. The lowest BCUT2D eigenvalue weighted by Crippen LogP contribution is -2.42. The summed E-state index contributed by atoms with van der Waals surface area (Å²) in [4.78, 5) is 29.4. The molecule has 2 amide bonds. The summed E-state index contributed by atoms with van der Waals surface area (Å²) in [5.74, 6) is -2.30. The number of ether oxygens (including phenoxy) is 1. The van der Waals surface area contributed by atoms with Crippen molar-refractivity contribution in [3.63, 3.8) is 0 Å². The van der Waals surface area contributed by atoms with Crippen molar-refractivity contribution in [1.29, 1.82) is 0 Å². The van der Waals surface area contributed by atoms with Gasteiger partial charge in [-0.2, -0.15) is 26.3 Å². The van der Waals surface area contributed by atoms with Gasteiger partial charge in [0.1, 0.15) is 5.75 Å². The molecule has 2 atom stereocenters. The highest BCUT2D eigenvalue weighted by atomic mass is 35.5. The fraction of sp³-hybridized carbons (Fsp3) is 0.286. The molecule has 1 unspecified atom stereocenters. The second-order valence-electron chi connectivity index (χ2n) is 9.46. The zero-order chi connectivity index (χ0) is 30.3. The summed E-state index contributed by atoms with van der Waals surface area (Å²) in [5.41, 5.74) is -1.67. The first-order valence-corrected chi connectivity index (χ1v) is 12.8. The first-order valence-electron chi connectivity index (χ1n) is 12.1. The Labute approximate surface area is 241 Å². The van der Waals surface area contributed by atoms with Crippen LogP contribution in [0.15, 0.2) is 60.7 Å². The summed E-state index contributed by atoms with van der Waals surface area (Å²) in [5, 5.41) is 0.486. The topological polar surface area (TPSA) is 49.9 Å². The van der Waals surface area contributed by atoms with Crippen LogP contribution in [0, 0.1) is 0 Å². The first kappa shape index (κ1) is 30.5. The Morgan fingerprint density at radius 2 is 1.49 bits per heavy atom. The molecular weight excluding hydrogens is 597 g/mol. The number of alkyl halides is 6. The normalized spacial score (nSPS) is 17.5. The maximum Gasteiger partial charge on any atom is 0.419 e. The van der Waals surface area contributed by atoms with E-state index < -0.39 is 53.0 Å². The SMILES string of the molecule is COc1ccc(C(=O)N(C)[C@@H]2CN(C(=O)c3ccc(C(F)(F)F)cc3)CC2c2ccc(Cl)c(Cl)c2)cc1C(F)(F)F. The van der Waals surface area contributed by atoms with E-state index >= 15 is 0 Å². The van der Waals surface area contributed by atoms with Crippen molar-refractivity contribution in [2.24, 2.45) is 0 Å². The summed E-state index contributed by atoms with van der Waals surface area (Å²) in [6.45, 7) is 0.00576. The summed E-state index contributed by atoms with van der Waals surface area (Å²) in [6, 6.07) is 10.7. The summed E-state index contributed by atoms with van der Waals surface area (Å²) < 4.78 is 84.5. The average Bonchev–Trinajstić information content (AvgIpc) is 3.37. The molecule has 0 saturated carbocycles. The molecule has 5 nitrogen and oxygen atoms in total. The number of carbonyl (C=O) groups excluding carboxylic acids is 2. The zero-order valence-electron chi connectivity index (χ0n) is 21.5. The molecule has 0 spiro atoms. The Morgan fingerprint density at radius 3 is 2.05 bits per heavy atom. The van der Waals surface area contributed by atoms with Gasteiger partial charge >= 0.3 is 12.4 Å². The number of likely N-dealkylation sites (N-methyl/N-ethyl adjacent to an activating group) is 1. The molecular formula is C28H22Cl2F6N2O3. The van der Waals surface area contributed by atoms with Crippen molar-refractivity contribution in [1.82, 2.24) is 9.80 Å². The molecule has 13 heteroatoms. The van der Waals surface area contributed by atoms with Crippen molar-refractivity contribution < 1.29 is 40.7 Å². The van der Waals surface area contributed by atoms with E-state index in [1.54, 1.807) is 12.1 Å². The lowest BCUT2D eigenvalue weighted by Gasteiger charge is -2.29. The fourth-order valence-corrected chi connectivity index (χ4v) is 5.12. The molecule has 3 aromatic carbocycles. The smallest absolute Gasteiger partial charge is 0.419 e. The van der Waals surface area contributed by atoms with Crippen LogP contribution < -0.4 is 4.74 Å². The van der Waals surface area contributed by atoms with Gasteiger partial charge in [-0.15, -0.1) is 0 Å². The van der Waals surface area contributed by atoms with Crippen molar-refractivity contribution in [3.8, 4) is 5.75 Å². The fourth-order valence-electron chi connectivity index (χ4n) is 4.82. The van der Waals surface area contributed by atoms with Crippen LogP contribution in [0.5, 0.6) is 5.75 Å². The average molecular weight is 619 g/mol. The van der Waals surface area contributed by atoms with Crippen LogP contribution in [0.3, 0.4) is 0 Å². The molecule has 1 fully saturated rings. The largest absolute Gasteiger partial charge is 0.496 e. The third-order valence-electron chi connectivity index (χ3n) is 6.98. The standard InChI is InChI=1S/C28H22Cl2F6N2O3/c1-37(25(39)17-6-10-24(41-2)20(11-17)28(34,35)36)23-14-38(13-19(23)16-5-9-21(29)22(30)12-16)26(40)15-3-7-18(8-4-15)27(31,32)33/h3-12,19,23H,13-14H2,1-2H3/t19?,23-/m1/s1. The Balaban J connectivity index is 1.67. The predicted octanol–water partition coefficient (Wildman–Crippen LogP) is 7.42. The number of benzene rings is 3. The number of halogens is 8. The van der Waals surface area contributed by atoms with E-state index in [2.05, 4.69) is 0 Å². The predicted molar refractivity (Wildman–Crippen MR) is 140 cm³/mol. The van der Waals surface area contributed by atoms with Crippen LogP contribution in [-0.4, -0.2) is 54.9 Å². The van der Waals surface area contributed by atoms with E-state index in [-0.39, 0.29) is 34.3 Å². The number of rotatable bonds is 5. The quantitative estimate of drug-likeness (QED) is 0.280. The van der Waals surface area contributed by atoms with Gasteiger partial charge in [-0.1, -0.05) is 29.3 Å². The van der Waals surface area contributed by atoms with E-state index in [1.807, 2.05) is 0 Å². The Bertz CT molecular complexity index is 1460. The van der Waals surface area contributed by atoms with E-state index in [4.69, 9.17) is 27.9 Å². The maximum atomic E-state index is 13.6. The highest BCUT2D eigenvalue weighted by Gasteiger charge is 2.42. The van der Waals surface area contributed by atoms with Gasteiger partial charge in [0.2, 0.25) is 0 Å². The highest BCUT2D eigenvalue weighted by molar-refractivity contribution is 6.42. The van der Waals surface area contributed by atoms with E-state index in [0.717, 1.165) is 37.4 Å². The summed E-state index contributed by atoms with van der Waals surface area (Å²) >= 11 is 12.3. The molecule has 41 heavy (non-hydrogen) atoms. The van der Waals surface area contributed by atoms with Gasteiger partial charge in [-0.25, -0.2) is 0 Å². The van der Waals surface area contributed by atoms with Gasteiger partial charge in [-0.3, -0.25) is 9.59 Å². The van der Waals surface area contributed by atoms with Crippen LogP contribution in [-0.2, 0) is 12.4 Å². The number of nitrogens with zero attached hydrogens (tertiary/aromatic N) is 2. The minimum absolute atomic E-state index is 0.00508. The van der Waals surface area contributed by atoms with Crippen molar-refractivity contribution in [3.05, 3.63) is 98.5 Å². The number of carbonyl (C=O) groups is 2. The molecule has 0 radical (unpaired) electrons. The Kier molecular flexibility index (Phi) is 8.52. The molecule has 4 rings (SSSR count). The third kappa shape index (κ3) is 6.41. The number of amides is 2. The molecule has 3 aromatic rings. The number of methoxy groups -OCH3 is 1. The first-order chi connectivity index (χ1) is 19.1. The lowest BCUT2D eigenvalue weighted by atomic mass is 9.93. The molecule has 218 valence electrons. The molecule has 0 N–H and O–H groups in total. The third-order valence-corrected chi connectivity index (χ3v) is 7.72. The molecule has 0 bridgehead atoms. The second kappa shape index (κ2) is 11.4. The van der Waals surface area contributed by atoms with Gasteiger partial charge in [0.25, 0.3) is 11.8 Å². The summed E-state index contributed by atoms with van der Waals surface area (Å²) in [6.07, 6.45) is -9.35. The minimum atomic E-state index is -4.78. The number of likely N-dealkylation sites (tertiary alicyclic amines) is 1. The van der Waals surface area contributed by atoms with Crippen molar-refractivity contribution in [2.45, 2.75) is 24.3 Å². The zero-order valence-corrected chi connectivity index (χ0v) is 23.0. The van der Waals surface area contributed by atoms with Crippen LogP contribution in [0.2, 0.25) is 10.0 Å². The molecule has 1 aliphatic rings. The van der Waals surface area contributed by atoms with Gasteiger partial charge in [0.05, 0.1) is 34.3 Å². The van der Waals surface area contributed by atoms with Crippen LogP contribution in [0.4, 0.5) is 26.3 Å². The van der Waals surface area contributed by atoms with E-state index in [0.29, 0.717) is 11.6 Å². The van der Waals surface area contributed by atoms with Crippen LogP contribution >= 0.6 is 23.2 Å². The molecule has 1 aliphatic heterocycles. The van der Waals surface area contributed by atoms with E-state index in [1.165, 1.54) is 29.0 Å². The van der Waals surface area contributed by atoms with Gasteiger partial charge in [-0.05, 0) is 60.2 Å². The molecule has 1 saturated heterocycles. The maximum absolute atomic E-state index is 13.6. The van der Waals surface area contributed by atoms with Gasteiger partial charge < -0.3 is 14.5 Å².